The molecule has 0 bridgehead atoms. The molecule has 16 nitrogen and oxygen atoms in total. The number of nitrogens with one attached hydrogen (secondary N) is 3. The molecule has 3 atom stereocenters. The number of aliphatic hydroxyl groups excluding tert-OH is 1. The number of aliphatic hydroxyl groups is 1. The highest BCUT2D eigenvalue weighted by molar-refractivity contribution is 6.06. The fourth-order valence-electron chi connectivity index (χ4n) is 11.7. The summed E-state index contributed by atoms with van der Waals surface area (Å²) in [5.41, 5.74) is 8.75. The normalized spacial score (nSPS) is 21.7. The molecule has 69 heavy (non-hydrogen) atoms. The topological polar surface area (TPSA) is 173 Å². The Morgan fingerprint density at radius 1 is 0.942 bits per heavy atom. The Balaban J connectivity index is 0.853. The van der Waals surface area contributed by atoms with E-state index < -0.39 is 6.61 Å². The van der Waals surface area contributed by atoms with Crippen LogP contribution in [0.3, 0.4) is 0 Å². The molecule has 1 aliphatic carbocycles. The first-order valence-electron chi connectivity index (χ1n) is 24.2. The van der Waals surface area contributed by atoms with Gasteiger partial charge in [-0.05, 0) is 118 Å². The zero-order chi connectivity index (χ0) is 48.7. The van der Waals surface area contributed by atoms with Crippen LogP contribution in [0.1, 0.15) is 97.6 Å². The third-order valence-electron chi connectivity index (χ3n) is 15.1. The van der Waals surface area contributed by atoms with Gasteiger partial charge in [0.05, 0.1) is 29.2 Å². The summed E-state index contributed by atoms with van der Waals surface area (Å²) in [5, 5.41) is 20.2. The highest BCUT2D eigenvalue weighted by atomic mass is 16.3. The van der Waals surface area contributed by atoms with Crippen molar-refractivity contribution in [3.63, 3.8) is 0 Å². The fourth-order valence-corrected chi connectivity index (χ4v) is 11.7. The SMILES string of the molecule is C=CC(=O)Nc1cc(Nc2nc(-c3ccnc(N4CCn5c(cc6c5CC(C)(C)C6)C4=O)c3CO)cn(C)c2=O)ccc1N1CCN(C2CCN(c3ccc4c(c3)C(=O)NC4(C)C)[C@@H](C)C2)C[C@@H]1C. The van der Waals surface area contributed by atoms with Crippen LogP contribution in [0.5, 0.6) is 0 Å². The number of hydrogen-bond donors (Lipinski definition) is 4. The van der Waals surface area contributed by atoms with Gasteiger partial charge in [0, 0.05) is 111 Å². The van der Waals surface area contributed by atoms with Gasteiger partial charge in [0.25, 0.3) is 17.4 Å². The van der Waals surface area contributed by atoms with E-state index in [1.165, 1.54) is 21.9 Å². The predicted octanol–water partition coefficient (Wildman–Crippen LogP) is 6.34. The molecule has 10 rings (SSSR count). The first-order valence-corrected chi connectivity index (χ1v) is 24.2. The molecule has 7 heterocycles. The molecule has 360 valence electrons. The lowest BCUT2D eigenvalue weighted by Gasteiger charge is -2.48. The number of hydrogen-bond acceptors (Lipinski definition) is 11. The minimum atomic E-state index is -0.406. The number of aromatic nitrogens is 4. The molecule has 0 radical (unpaired) electrons. The number of pyridine rings is 1. The quantitative estimate of drug-likeness (QED) is 0.115. The Bertz CT molecular complexity index is 2990. The third-order valence-corrected chi connectivity index (χ3v) is 15.1. The maximum Gasteiger partial charge on any atom is 0.293 e. The van der Waals surface area contributed by atoms with Crippen LogP contribution in [0, 0.1) is 5.41 Å². The zero-order valence-corrected chi connectivity index (χ0v) is 40.7. The molecule has 2 fully saturated rings. The second kappa shape index (κ2) is 17.3. The maximum atomic E-state index is 14.1. The average molecular weight is 934 g/mol. The van der Waals surface area contributed by atoms with Crippen LogP contribution in [0.15, 0.2) is 78.4 Å². The summed E-state index contributed by atoms with van der Waals surface area (Å²) < 4.78 is 3.58. The van der Waals surface area contributed by atoms with Crippen LogP contribution < -0.4 is 36.2 Å². The number of piperazine rings is 1. The summed E-state index contributed by atoms with van der Waals surface area (Å²) in [6.45, 7) is 20.7. The van der Waals surface area contributed by atoms with Gasteiger partial charge in [-0.25, -0.2) is 9.97 Å². The molecular formula is C53H63N11O5. The monoisotopic (exact) mass is 934 g/mol. The minimum Gasteiger partial charge on any atom is -0.392 e. The summed E-state index contributed by atoms with van der Waals surface area (Å²) in [5.74, 6) is -0.129. The Hall–Kier alpha value is -6.78. The Morgan fingerprint density at radius 3 is 2.51 bits per heavy atom. The number of piperidine rings is 1. The molecule has 2 saturated heterocycles. The van der Waals surface area contributed by atoms with Gasteiger partial charge in [-0.3, -0.25) is 29.0 Å². The Kier molecular flexibility index (Phi) is 11.5. The number of carbonyl (C=O) groups is 3. The molecule has 1 unspecified atom stereocenters. The summed E-state index contributed by atoms with van der Waals surface area (Å²) in [7, 11) is 1.64. The van der Waals surface area contributed by atoms with Crippen LogP contribution in [0.2, 0.25) is 0 Å². The molecule has 16 heteroatoms. The van der Waals surface area contributed by atoms with Gasteiger partial charge < -0.3 is 40.0 Å². The van der Waals surface area contributed by atoms with Gasteiger partial charge in [0.1, 0.15) is 11.5 Å². The molecular weight excluding hydrogens is 871 g/mol. The Morgan fingerprint density at radius 2 is 1.75 bits per heavy atom. The fraction of sp³-hybridized carbons (Fsp3) is 0.434. The lowest BCUT2D eigenvalue weighted by Crippen LogP contribution is -2.58. The number of carbonyl (C=O) groups excluding carboxylic acids is 3. The highest BCUT2D eigenvalue weighted by Gasteiger charge is 2.40. The standard InChI is InChI=1S/C53H63N11O5/c1-9-46(66)56-41-24-34(10-13-43(41)62-19-18-60(28-32(62)3)35-15-17-61(31(2)22-35)36-11-12-40-38(25-36)49(67)58-53(40,6)7)55-47-51(69)59(8)29-42(57-47)37-14-16-54-48(39(37)30-65)64-21-20-63-44(50(64)68)23-33-26-52(4,5)27-45(33)63/h9-14,16,23-25,29,31-32,35,65H,1,15,17-22,26-28,30H2,2-8H3,(H,55,57)(H,56,66)(H,58,67)/t31-,32-,35?/m0/s1. The summed E-state index contributed by atoms with van der Waals surface area (Å²) >= 11 is 0. The van der Waals surface area contributed by atoms with Crippen molar-refractivity contribution < 1.29 is 19.5 Å². The molecule has 0 saturated carbocycles. The van der Waals surface area contributed by atoms with Crippen molar-refractivity contribution in [3.8, 4) is 11.3 Å². The smallest absolute Gasteiger partial charge is 0.293 e. The van der Waals surface area contributed by atoms with E-state index >= 15 is 0 Å². The minimum absolute atomic E-state index is 0.0110. The van der Waals surface area contributed by atoms with Gasteiger partial charge in [-0.1, -0.05) is 26.5 Å². The predicted molar refractivity (Wildman–Crippen MR) is 270 cm³/mol. The van der Waals surface area contributed by atoms with Crippen molar-refractivity contribution in [2.75, 3.05) is 58.1 Å². The van der Waals surface area contributed by atoms with Crippen molar-refractivity contribution in [3.05, 3.63) is 118 Å². The lowest BCUT2D eigenvalue weighted by molar-refractivity contribution is -0.111. The highest BCUT2D eigenvalue weighted by Crippen LogP contribution is 2.41. The van der Waals surface area contributed by atoms with E-state index in [4.69, 9.17) is 4.98 Å². The molecule has 2 aromatic carbocycles. The van der Waals surface area contributed by atoms with Crippen molar-refractivity contribution in [1.29, 1.82) is 0 Å². The first kappa shape index (κ1) is 46.0. The molecule has 5 aliphatic rings. The van der Waals surface area contributed by atoms with E-state index in [0.29, 0.717) is 64.9 Å². The third kappa shape index (κ3) is 8.26. The zero-order valence-electron chi connectivity index (χ0n) is 40.7. The van der Waals surface area contributed by atoms with E-state index in [-0.39, 0.29) is 46.1 Å². The molecule has 3 aromatic heterocycles. The Labute approximate surface area is 403 Å². The van der Waals surface area contributed by atoms with Gasteiger partial charge in [0.15, 0.2) is 5.82 Å². The lowest BCUT2D eigenvalue weighted by atomic mass is 9.90. The van der Waals surface area contributed by atoms with E-state index in [1.807, 2.05) is 38.1 Å². The molecule has 0 spiro atoms. The van der Waals surface area contributed by atoms with Gasteiger partial charge in [-0.2, -0.15) is 0 Å². The summed E-state index contributed by atoms with van der Waals surface area (Å²) in [6, 6.07) is 16.6. The van der Waals surface area contributed by atoms with Crippen LogP contribution >= 0.6 is 0 Å². The van der Waals surface area contributed by atoms with E-state index in [9.17, 15) is 24.3 Å². The largest absolute Gasteiger partial charge is 0.392 e. The van der Waals surface area contributed by atoms with E-state index in [2.05, 4.69) is 92.7 Å². The van der Waals surface area contributed by atoms with Gasteiger partial charge in [0.2, 0.25) is 5.91 Å². The second-order valence-corrected chi connectivity index (χ2v) is 21.0. The van der Waals surface area contributed by atoms with Crippen molar-refractivity contribution in [2.24, 2.45) is 12.5 Å². The van der Waals surface area contributed by atoms with Crippen LogP contribution in [-0.2, 0) is 43.4 Å². The molecule has 3 amide bonds. The number of rotatable bonds is 10. The van der Waals surface area contributed by atoms with Gasteiger partial charge >= 0.3 is 0 Å². The van der Waals surface area contributed by atoms with Crippen molar-refractivity contribution in [2.45, 2.75) is 104 Å². The maximum absolute atomic E-state index is 14.1. The number of aryl methyl sites for hydroxylation is 1. The van der Waals surface area contributed by atoms with Crippen LogP contribution in [0.4, 0.5) is 34.4 Å². The number of fused-ring (bicyclic) bond motifs is 4. The second-order valence-electron chi connectivity index (χ2n) is 21.0. The van der Waals surface area contributed by atoms with E-state index in [1.54, 1.807) is 30.4 Å². The van der Waals surface area contributed by atoms with Gasteiger partial charge in [-0.15, -0.1) is 0 Å². The number of amides is 3. The number of anilines is 6. The number of nitrogens with zero attached hydrogens (tertiary/aromatic N) is 8. The van der Waals surface area contributed by atoms with Crippen LogP contribution in [0.25, 0.3) is 11.3 Å². The van der Waals surface area contributed by atoms with Crippen molar-refractivity contribution in [1.82, 2.24) is 29.3 Å². The number of benzene rings is 2. The average Bonchev–Trinajstić information content (AvgIpc) is 3.90. The molecule has 4 aliphatic heterocycles. The summed E-state index contributed by atoms with van der Waals surface area (Å²) in [6.07, 6.45) is 8.32. The van der Waals surface area contributed by atoms with Crippen molar-refractivity contribution >= 4 is 52.1 Å². The first-order chi connectivity index (χ1) is 32.9. The molecule has 4 N–H and O–H groups in total. The summed E-state index contributed by atoms with van der Waals surface area (Å²) in [4.78, 5) is 71.9. The van der Waals surface area contributed by atoms with Crippen LogP contribution in [-0.4, -0.2) is 97.7 Å². The van der Waals surface area contributed by atoms with E-state index in [0.717, 1.165) is 74.4 Å². The molecule has 5 aromatic rings.